The van der Waals surface area contributed by atoms with E-state index in [4.69, 9.17) is 5.11 Å². The molecule has 5 nitrogen and oxygen atoms in total. The van der Waals surface area contributed by atoms with Crippen LogP contribution in [0, 0.1) is 0 Å². The van der Waals surface area contributed by atoms with Crippen LogP contribution >= 0.6 is 0 Å². The number of likely N-dealkylation sites (tertiary alicyclic amines) is 1. The molecule has 0 spiro atoms. The van der Waals surface area contributed by atoms with Crippen molar-refractivity contribution >= 4 is 10.0 Å². The molecule has 0 aromatic rings. The summed E-state index contributed by atoms with van der Waals surface area (Å²) >= 11 is 0. The molecule has 1 saturated heterocycles. The fourth-order valence-corrected chi connectivity index (χ4v) is 3.22. The molecule has 0 unspecified atom stereocenters. The minimum Gasteiger partial charge on any atom is -0.396 e. The van der Waals surface area contributed by atoms with E-state index in [0.717, 1.165) is 19.6 Å². The minimum atomic E-state index is -3.13. The van der Waals surface area contributed by atoms with Gasteiger partial charge in [-0.05, 0) is 38.8 Å². The second-order valence-electron chi connectivity index (χ2n) is 4.62. The van der Waals surface area contributed by atoms with Gasteiger partial charge in [-0.15, -0.1) is 0 Å². The summed E-state index contributed by atoms with van der Waals surface area (Å²) in [6.07, 6.45) is 3.55. The Kier molecular flexibility index (Phi) is 6.40. The number of rotatable bonds is 8. The highest BCUT2D eigenvalue weighted by Gasteiger charge is 2.19. The normalized spacial score (nSPS) is 18.1. The van der Waals surface area contributed by atoms with Gasteiger partial charge in [-0.2, -0.15) is 0 Å². The summed E-state index contributed by atoms with van der Waals surface area (Å²) in [4.78, 5) is 2.31. The molecule has 0 bridgehead atoms. The molecule has 102 valence electrons. The van der Waals surface area contributed by atoms with Crippen molar-refractivity contribution in [3.05, 3.63) is 0 Å². The number of aliphatic hydroxyl groups excluding tert-OH is 1. The van der Waals surface area contributed by atoms with Gasteiger partial charge in [-0.25, -0.2) is 12.7 Å². The van der Waals surface area contributed by atoms with Gasteiger partial charge in [0.1, 0.15) is 0 Å². The summed E-state index contributed by atoms with van der Waals surface area (Å²) in [6, 6.07) is 0. The Balaban J connectivity index is 2.26. The van der Waals surface area contributed by atoms with Gasteiger partial charge >= 0.3 is 0 Å². The van der Waals surface area contributed by atoms with Gasteiger partial charge < -0.3 is 10.0 Å². The van der Waals surface area contributed by atoms with E-state index in [9.17, 15) is 8.42 Å². The number of nitrogens with zero attached hydrogens (tertiary/aromatic N) is 2. The Morgan fingerprint density at radius 3 is 2.47 bits per heavy atom. The highest BCUT2D eigenvalue weighted by Crippen LogP contribution is 2.08. The highest BCUT2D eigenvalue weighted by molar-refractivity contribution is 7.89. The van der Waals surface area contributed by atoms with Crippen molar-refractivity contribution in [2.75, 3.05) is 45.6 Å². The van der Waals surface area contributed by atoms with Crippen molar-refractivity contribution < 1.29 is 13.5 Å². The fraction of sp³-hybridized carbons (Fsp3) is 1.00. The molecule has 1 N–H and O–H groups in total. The Morgan fingerprint density at radius 2 is 1.88 bits per heavy atom. The van der Waals surface area contributed by atoms with Crippen LogP contribution in [0.15, 0.2) is 0 Å². The van der Waals surface area contributed by atoms with Crippen molar-refractivity contribution in [1.82, 2.24) is 9.21 Å². The number of sulfonamides is 1. The second kappa shape index (κ2) is 7.31. The molecule has 1 aliphatic rings. The van der Waals surface area contributed by atoms with Gasteiger partial charge in [0.25, 0.3) is 0 Å². The van der Waals surface area contributed by atoms with E-state index in [1.807, 2.05) is 0 Å². The molecule has 0 amide bonds. The molecule has 0 radical (unpaired) electrons. The first kappa shape index (κ1) is 14.9. The van der Waals surface area contributed by atoms with Crippen LogP contribution in [0.3, 0.4) is 0 Å². The van der Waals surface area contributed by atoms with Crippen molar-refractivity contribution in [2.24, 2.45) is 0 Å². The Hall–Kier alpha value is -0.170. The zero-order valence-corrected chi connectivity index (χ0v) is 11.5. The van der Waals surface area contributed by atoms with Gasteiger partial charge in [0.05, 0.1) is 5.75 Å². The van der Waals surface area contributed by atoms with Crippen molar-refractivity contribution in [3.63, 3.8) is 0 Å². The maximum atomic E-state index is 11.8. The average molecular weight is 264 g/mol. The van der Waals surface area contributed by atoms with E-state index in [1.54, 1.807) is 7.05 Å². The lowest BCUT2D eigenvalue weighted by molar-refractivity contribution is 0.286. The highest BCUT2D eigenvalue weighted by atomic mass is 32.2. The van der Waals surface area contributed by atoms with Crippen LogP contribution in [-0.2, 0) is 10.0 Å². The summed E-state index contributed by atoms with van der Waals surface area (Å²) in [7, 11) is -1.49. The van der Waals surface area contributed by atoms with E-state index >= 15 is 0 Å². The lowest BCUT2D eigenvalue weighted by Crippen LogP contribution is -2.36. The molecule has 0 atom stereocenters. The predicted molar refractivity (Wildman–Crippen MR) is 68.4 cm³/mol. The summed E-state index contributed by atoms with van der Waals surface area (Å²) in [6.45, 7) is 3.65. The largest absolute Gasteiger partial charge is 0.396 e. The van der Waals surface area contributed by atoms with Crippen LogP contribution in [0.2, 0.25) is 0 Å². The summed E-state index contributed by atoms with van der Waals surface area (Å²) in [5, 5.41) is 8.63. The first-order valence-electron chi connectivity index (χ1n) is 6.33. The molecule has 0 aromatic carbocycles. The Morgan fingerprint density at radius 1 is 1.24 bits per heavy atom. The SMILES string of the molecule is CN(CCN1CCCC1)S(=O)(=O)CCCCO. The van der Waals surface area contributed by atoms with Crippen LogP contribution in [-0.4, -0.2) is 68.3 Å². The van der Waals surface area contributed by atoms with Crippen molar-refractivity contribution in [1.29, 1.82) is 0 Å². The van der Waals surface area contributed by atoms with Crippen molar-refractivity contribution in [2.45, 2.75) is 25.7 Å². The number of likely N-dealkylation sites (N-methyl/N-ethyl adjacent to an activating group) is 1. The van der Waals surface area contributed by atoms with Crippen LogP contribution in [0.25, 0.3) is 0 Å². The number of aliphatic hydroxyl groups is 1. The van der Waals surface area contributed by atoms with Gasteiger partial charge in [-0.3, -0.25) is 0 Å². The van der Waals surface area contributed by atoms with E-state index in [2.05, 4.69) is 4.90 Å². The molecule has 0 saturated carbocycles. The summed E-state index contributed by atoms with van der Waals surface area (Å²) < 4.78 is 25.1. The maximum absolute atomic E-state index is 11.8. The Labute approximate surface area is 104 Å². The van der Waals surface area contributed by atoms with Gasteiger partial charge in [0.15, 0.2) is 0 Å². The minimum absolute atomic E-state index is 0.0625. The maximum Gasteiger partial charge on any atom is 0.213 e. The Bertz CT molecular complexity index is 300. The number of hydrogen-bond acceptors (Lipinski definition) is 4. The van der Waals surface area contributed by atoms with E-state index in [0.29, 0.717) is 19.4 Å². The number of unbranched alkanes of at least 4 members (excludes halogenated alkanes) is 1. The average Bonchev–Trinajstić information content (AvgIpc) is 2.78. The fourth-order valence-electron chi connectivity index (χ4n) is 1.98. The monoisotopic (exact) mass is 264 g/mol. The van der Waals surface area contributed by atoms with Gasteiger partial charge in [0, 0.05) is 26.7 Å². The van der Waals surface area contributed by atoms with Gasteiger partial charge in [-0.1, -0.05) is 0 Å². The quantitative estimate of drug-likeness (QED) is 0.632. The molecular formula is C11H24N2O3S. The second-order valence-corrected chi connectivity index (χ2v) is 6.81. The topological polar surface area (TPSA) is 60.9 Å². The zero-order valence-electron chi connectivity index (χ0n) is 10.6. The molecule has 0 aromatic heterocycles. The van der Waals surface area contributed by atoms with Gasteiger partial charge in [0.2, 0.25) is 10.0 Å². The predicted octanol–water partition coefficient (Wildman–Crippen LogP) is 0.116. The smallest absolute Gasteiger partial charge is 0.213 e. The van der Waals surface area contributed by atoms with Crippen LogP contribution < -0.4 is 0 Å². The third-order valence-electron chi connectivity index (χ3n) is 3.22. The zero-order chi connectivity index (χ0) is 12.7. The number of hydrogen-bond donors (Lipinski definition) is 1. The van der Waals surface area contributed by atoms with Crippen LogP contribution in [0.5, 0.6) is 0 Å². The molecular weight excluding hydrogens is 240 g/mol. The lowest BCUT2D eigenvalue weighted by Gasteiger charge is -2.21. The van der Waals surface area contributed by atoms with Crippen molar-refractivity contribution in [3.8, 4) is 0 Å². The standard InChI is InChI=1S/C11H24N2O3S/c1-12(8-9-13-6-2-3-7-13)17(15,16)11-5-4-10-14/h14H,2-11H2,1H3. The molecule has 17 heavy (non-hydrogen) atoms. The first-order valence-corrected chi connectivity index (χ1v) is 7.94. The molecule has 1 fully saturated rings. The molecule has 1 aliphatic heterocycles. The molecule has 6 heteroatoms. The third kappa shape index (κ3) is 5.33. The van der Waals surface area contributed by atoms with E-state index < -0.39 is 10.0 Å². The van der Waals surface area contributed by atoms with Crippen LogP contribution in [0.1, 0.15) is 25.7 Å². The van der Waals surface area contributed by atoms with E-state index in [-0.39, 0.29) is 12.4 Å². The molecule has 1 rings (SSSR count). The summed E-state index contributed by atoms with van der Waals surface area (Å²) in [5.74, 6) is 0.143. The third-order valence-corrected chi connectivity index (χ3v) is 5.15. The summed E-state index contributed by atoms with van der Waals surface area (Å²) in [5.41, 5.74) is 0. The molecule has 0 aliphatic carbocycles. The van der Waals surface area contributed by atoms with Crippen LogP contribution in [0.4, 0.5) is 0 Å². The lowest BCUT2D eigenvalue weighted by atomic mass is 10.4. The molecule has 1 heterocycles. The first-order chi connectivity index (χ1) is 8.06. The van der Waals surface area contributed by atoms with E-state index in [1.165, 1.54) is 17.1 Å².